The minimum absolute atomic E-state index is 0.131. The van der Waals surface area contributed by atoms with E-state index in [1.807, 2.05) is 50.3 Å². The van der Waals surface area contributed by atoms with Gasteiger partial charge in [0.05, 0.1) is 0 Å². The van der Waals surface area contributed by atoms with E-state index in [0.717, 1.165) is 5.56 Å². The fourth-order valence-corrected chi connectivity index (χ4v) is 1.70. The molecule has 0 amide bonds. The highest BCUT2D eigenvalue weighted by atomic mass is 16.5. The minimum Gasteiger partial charge on any atom is -0.383 e. The van der Waals surface area contributed by atoms with Gasteiger partial charge in [0.1, 0.15) is 6.10 Å². The second-order valence-corrected chi connectivity index (χ2v) is 5.00. The van der Waals surface area contributed by atoms with Crippen LogP contribution in [-0.2, 0) is 0 Å². The van der Waals surface area contributed by atoms with Gasteiger partial charge >= 0.3 is 0 Å². The molecule has 2 aromatic rings. The van der Waals surface area contributed by atoms with Crippen LogP contribution in [0, 0.1) is 5.92 Å². The quantitative estimate of drug-likeness (QED) is 0.872. The van der Waals surface area contributed by atoms with Gasteiger partial charge < -0.3 is 15.4 Å². The van der Waals surface area contributed by atoms with Crippen molar-refractivity contribution >= 4 is 12.2 Å². The zero-order valence-corrected chi connectivity index (χ0v) is 11.6. The second-order valence-electron chi connectivity index (χ2n) is 5.00. The van der Waals surface area contributed by atoms with Crippen molar-refractivity contribution in [2.75, 3.05) is 0 Å². The normalized spacial score (nSPS) is 14.8. The highest BCUT2D eigenvalue weighted by molar-refractivity contribution is 5.65. The fourth-order valence-electron chi connectivity index (χ4n) is 1.70. The first-order chi connectivity index (χ1) is 9.58. The number of rotatable bonds is 5. The zero-order chi connectivity index (χ0) is 14.5. The summed E-state index contributed by atoms with van der Waals surface area (Å²) in [6.07, 6.45) is 2.66. The Labute approximate surface area is 118 Å². The van der Waals surface area contributed by atoms with E-state index in [1.165, 1.54) is 0 Å². The van der Waals surface area contributed by atoms with Gasteiger partial charge in [0.15, 0.2) is 0 Å². The third kappa shape index (κ3) is 3.53. The molecule has 1 heterocycles. The zero-order valence-electron chi connectivity index (χ0n) is 11.6. The highest BCUT2D eigenvalue weighted by Crippen LogP contribution is 2.18. The fraction of sp³-hybridized carbons (Fsp3) is 0.333. The van der Waals surface area contributed by atoms with Gasteiger partial charge in [-0.2, -0.15) is 4.98 Å². The van der Waals surface area contributed by atoms with E-state index in [1.54, 1.807) is 6.08 Å². The summed E-state index contributed by atoms with van der Waals surface area (Å²) >= 11 is 0. The van der Waals surface area contributed by atoms with Crippen molar-refractivity contribution in [3.8, 4) is 0 Å². The smallest absolute Gasteiger partial charge is 0.250 e. The van der Waals surface area contributed by atoms with E-state index < -0.39 is 12.1 Å². The standard InChI is InChI=1S/C15H19N3O2/c1-10(2)13(16)14(19)15-17-12(20-18-15)9-8-11-6-4-3-5-7-11/h3-10,13-14,19H,16H2,1-2H3/t13-,14?/m0/s1. The molecular formula is C15H19N3O2. The Bertz CT molecular complexity index is 564. The third-order valence-corrected chi connectivity index (χ3v) is 3.07. The SMILES string of the molecule is CC(C)[C@H](N)C(O)c1noc(C=Cc2ccccc2)n1. The van der Waals surface area contributed by atoms with Gasteiger partial charge in [-0.25, -0.2) is 0 Å². The van der Waals surface area contributed by atoms with Gasteiger partial charge in [0.2, 0.25) is 5.82 Å². The molecule has 20 heavy (non-hydrogen) atoms. The molecule has 5 heteroatoms. The maximum Gasteiger partial charge on any atom is 0.250 e. The van der Waals surface area contributed by atoms with E-state index in [0.29, 0.717) is 5.89 Å². The number of aromatic nitrogens is 2. The summed E-state index contributed by atoms with van der Waals surface area (Å²) in [5, 5.41) is 13.8. The molecule has 0 spiro atoms. The van der Waals surface area contributed by atoms with Gasteiger partial charge in [-0.1, -0.05) is 49.3 Å². The van der Waals surface area contributed by atoms with Gasteiger partial charge in [0.25, 0.3) is 5.89 Å². The molecule has 1 unspecified atom stereocenters. The summed E-state index contributed by atoms with van der Waals surface area (Å²) in [6.45, 7) is 3.87. The Morgan fingerprint density at radius 3 is 2.55 bits per heavy atom. The van der Waals surface area contributed by atoms with Crippen molar-refractivity contribution in [3.05, 3.63) is 47.6 Å². The van der Waals surface area contributed by atoms with Crippen LogP contribution in [0.15, 0.2) is 34.9 Å². The van der Waals surface area contributed by atoms with Crippen LogP contribution >= 0.6 is 0 Å². The van der Waals surface area contributed by atoms with Crippen molar-refractivity contribution in [3.63, 3.8) is 0 Å². The first-order valence-corrected chi connectivity index (χ1v) is 6.58. The monoisotopic (exact) mass is 273 g/mol. The van der Waals surface area contributed by atoms with E-state index in [2.05, 4.69) is 10.1 Å². The maximum absolute atomic E-state index is 10.0. The van der Waals surface area contributed by atoms with E-state index in [9.17, 15) is 5.11 Å². The average Bonchev–Trinajstić information content (AvgIpc) is 2.93. The lowest BCUT2D eigenvalue weighted by molar-refractivity contribution is 0.114. The molecule has 0 bridgehead atoms. The van der Waals surface area contributed by atoms with E-state index in [4.69, 9.17) is 10.3 Å². The van der Waals surface area contributed by atoms with Crippen LogP contribution in [0.25, 0.3) is 12.2 Å². The Balaban J connectivity index is 2.08. The van der Waals surface area contributed by atoms with Crippen molar-refractivity contribution in [2.24, 2.45) is 11.7 Å². The number of benzene rings is 1. The third-order valence-electron chi connectivity index (χ3n) is 3.07. The van der Waals surface area contributed by atoms with E-state index >= 15 is 0 Å². The number of aliphatic hydroxyl groups excluding tert-OH is 1. The van der Waals surface area contributed by atoms with Crippen LogP contribution in [0.1, 0.15) is 37.2 Å². The van der Waals surface area contributed by atoms with Crippen LogP contribution in [0.5, 0.6) is 0 Å². The average molecular weight is 273 g/mol. The summed E-state index contributed by atoms with van der Waals surface area (Å²) in [5.41, 5.74) is 6.91. The molecule has 3 N–H and O–H groups in total. The minimum atomic E-state index is -0.919. The molecule has 1 aromatic heterocycles. The predicted octanol–water partition coefficient (Wildman–Crippen LogP) is 2.26. The predicted molar refractivity (Wildman–Crippen MR) is 77.4 cm³/mol. The molecule has 106 valence electrons. The van der Waals surface area contributed by atoms with Crippen LogP contribution in [-0.4, -0.2) is 21.3 Å². The molecule has 0 aliphatic heterocycles. The molecule has 0 aliphatic rings. The number of nitrogens with zero attached hydrogens (tertiary/aromatic N) is 2. The van der Waals surface area contributed by atoms with Gasteiger partial charge in [-0.15, -0.1) is 0 Å². The Hall–Kier alpha value is -1.98. The van der Waals surface area contributed by atoms with Gasteiger partial charge in [-0.05, 0) is 17.6 Å². The Kier molecular flexibility index (Phi) is 4.65. The molecule has 5 nitrogen and oxygen atoms in total. The van der Waals surface area contributed by atoms with Gasteiger partial charge in [-0.3, -0.25) is 0 Å². The lowest BCUT2D eigenvalue weighted by Crippen LogP contribution is -2.34. The largest absolute Gasteiger partial charge is 0.383 e. The molecule has 0 saturated heterocycles. The van der Waals surface area contributed by atoms with Crippen LogP contribution in [0.2, 0.25) is 0 Å². The number of hydrogen-bond acceptors (Lipinski definition) is 5. The molecule has 2 rings (SSSR count). The van der Waals surface area contributed by atoms with Crippen LogP contribution in [0.3, 0.4) is 0 Å². The van der Waals surface area contributed by atoms with Crippen molar-refractivity contribution in [1.29, 1.82) is 0 Å². The van der Waals surface area contributed by atoms with Crippen LogP contribution < -0.4 is 5.73 Å². The number of hydrogen-bond donors (Lipinski definition) is 2. The summed E-state index contributed by atoms with van der Waals surface area (Å²) < 4.78 is 5.07. The molecule has 1 aromatic carbocycles. The van der Waals surface area contributed by atoms with Crippen molar-refractivity contribution in [2.45, 2.75) is 26.0 Å². The van der Waals surface area contributed by atoms with Gasteiger partial charge in [0, 0.05) is 12.1 Å². The van der Waals surface area contributed by atoms with E-state index in [-0.39, 0.29) is 11.7 Å². The first kappa shape index (κ1) is 14.4. The number of nitrogens with two attached hydrogens (primary N) is 1. The Morgan fingerprint density at radius 2 is 1.90 bits per heavy atom. The second kappa shape index (κ2) is 6.45. The molecular weight excluding hydrogens is 254 g/mol. The lowest BCUT2D eigenvalue weighted by atomic mass is 9.99. The lowest BCUT2D eigenvalue weighted by Gasteiger charge is -2.18. The summed E-state index contributed by atoms with van der Waals surface area (Å²) in [5.74, 6) is 0.699. The topological polar surface area (TPSA) is 85.2 Å². The molecule has 0 radical (unpaired) electrons. The molecule has 2 atom stereocenters. The summed E-state index contributed by atoms with van der Waals surface area (Å²) in [4.78, 5) is 4.13. The molecule has 0 fully saturated rings. The summed E-state index contributed by atoms with van der Waals surface area (Å²) in [6, 6.07) is 9.37. The molecule has 0 saturated carbocycles. The first-order valence-electron chi connectivity index (χ1n) is 6.58. The van der Waals surface area contributed by atoms with Crippen LogP contribution in [0.4, 0.5) is 0 Å². The number of aliphatic hydroxyl groups is 1. The van der Waals surface area contributed by atoms with Crippen molar-refractivity contribution < 1.29 is 9.63 Å². The Morgan fingerprint density at radius 1 is 1.20 bits per heavy atom. The highest BCUT2D eigenvalue weighted by Gasteiger charge is 2.24. The van der Waals surface area contributed by atoms with Crippen molar-refractivity contribution in [1.82, 2.24) is 10.1 Å². The summed E-state index contributed by atoms with van der Waals surface area (Å²) in [7, 11) is 0. The maximum atomic E-state index is 10.0. The molecule has 0 aliphatic carbocycles.